The molecule has 1 aliphatic rings. The average Bonchev–Trinajstić information content (AvgIpc) is 3.11. The van der Waals surface area contributed by atoms with Crippen molar-refractivity contribution in [2.24, 2.45) is 7.05 Å². The Balaban J connectivity index is 1.85. The second-order valence-corrected chi connectivity index (χ2v) is 7.96. The number of carbonyl (C=O) groups excluding carboxylic acids is 1. The molecule has 26 heavy (non-hydrogen) atoms. The zero-order valence-electron chi connectivity index (χ0n) is 15.0. The quantitative estimate of drug-likeness (QED) is 0.717. The van der Waals surface area contributed by atoms with Crippen LogP contribution in [0.3, 0.4) is 0 Å². The first-order chi connectivity index (χ1) is 12.3. The van der Waals surface area contributed by atoms with Gasteiger partial charge in [-0.1, -0.05) is 13.8 Å². The third kappa shape index (κ3) is 2.55. The van der Waals surface area contributed by atoms with Gasteiger partial charge in [0.15, 0.2) is 5.13 Å². The summed E-state index contributed by atoms with van der Waals surface area (Å²) in [6, 6.07) is 0. The van der Waals surface area contributed by atoms with E-state index in [-0.39, 0.29) is 17.3 Å². The first kappa shape index (κ1) is 16.6. The number of nitrogens with one attached hydrogen (secondary N) is 1. The van der Waals surface area contributed by atoms with E-state index in [9.17, 15) is 4.79 Å². The first-order valence-electron chi connectivity index (χ1n) is 8.19. The van der Waals surface area contributed by atoms with Crippen molar-refractivity contribution in [3.05, 3.63) is 34.1 Å². The zero-order chi connectivity index (χ0) is 18.6. The highest BCUT2D eigenvalue weighted by molar-refractivity contribution is 7.13. The molecule has 0 spiro atoms. The molecule has 0 radical (unpaired) electrons. The number of nitrogen functional groups attached to an aromatic ring is 1. The Hall–Kier alpha value is -2.81. The van der Waals surface area contributed by atoms with Crippen LogP contribution in [0.15, 0.2) is 11.6 Å². The van der Waals surface area contributed by atoms with Crippen LogP contribution in [-0.4, -0.2) is 30.6 Å². The standard InChI is InChI=1S/C17H19N7OS/c1-8-7-26-16(20-8)22-14(25)13-10-12(23-24(13)4)11-9(5-17(10,2)3)6-19-15(18)21-11/h6-7H,5H2,1-4H3,(H2,18,19,21)(H,20,22,25). The summed E-state index contributed by atoms with van der Waals surface area (Å²) in [5, 5.41) is 9.94. The number of aromatic nitrogens is 5. The molecule has 0 saturated heterocycles. The third-order valence-electron chi connectivity index (χ3n) is 4.52. The lowest BCUT2D eigenvalue weighted by Crippen LogP contribution is -2.29. The number of carbonyl (C=O) groups is 1. The lowest BCUT2D eigenvalue weighted by molar-refractivity contribution is 0.101. The number of hydrogen-bond donors (Lipinski definition) is 2. The van der Waals surface area contributed by atoms with Gasteiger partial charge in [0.05, 0.1) is 11.4 Å². The second kappa shape index (κ2) is 5.60. The molecule has 4 rings (SSSR count). The van der Waals surface area contributed by atoms with Crippen LogP contribution in [0, 0.1) is 6.92 Å². The van der Waals surface area contributed by atoms with Crippen LogP contribution in [0.2, 0.25) is 0 Å². The number of hydrogen-bond acceptors (Lipinski definition) is 7. The topological polar surface area (TPSA) is 112 Å². The predicted molar refractivity (Wildman–Crippen MR) is 100 cm³/mol. The van der Waals surface area contributed by atoms with Crippen LogP contribution in [0.25, 0.3) is 11.4 Å². The molecule has 1 amide bonds. The van der Waals surface area contributed by atoms with Crippen molar-refractivity contribution in [2.75, 3.05) is 11.1 Å². The highest BCUT2D eigenvalue weighted by Crippen LogP contribution is 2.43. The first-order valence-corrected chi connectivity index (χ1v) is 9.07. The number of nitrogens with zero attached hydrogens (tertiary/aromatic N) is 5. The summed E-state index contributed by atoms with van der Waals surface area (Å²) >= 11 is 1.40. The van der Waals surface area contributed by atoms with Crippen LogP contribution >= 0.6 is 11.3 Å². The van der Waals surface area contributed by atoms with E-state index in [0.29, 0.717) is 28.6 Å². The van der Waals surface area contributed by atoms with Crippen molar-refractivity contribution in [3.8, 4) is 11.4 Å². The molecule has 0 aromatic carbocycles. The van der Waals surface area contributed by atoms with E-state index in [1.165, 1.54) is 11.3 Å². The van der Waals surface area contributed by atoms with Gasteiger partial charge in [-0.15, -0.1) is 11.3 Å². The van der Waals surface area contributed by atoms with Crippen molar-refractivity contribution in [3.63, 3.8) is 0 Å². The molecule has 0 aliphatic heterocycles. The number of anilines is 2. The Morgan fingerprint density at radius 1 is 1.35 bits per heavy atom. The van der Waals surface area contributed by atoms with Crippen LogP contribution in [-0.2, 0) is 18.9 Å². The average molecular weight is 369 g/mol. The van der Waals surface area contributed by atoms with Gasteiger partial charge in [-0.25, -0.2) is 15.0 Å². The number of thiazole rings is 1. The summed E-state index contributed by atoms with van der Waals surface area (Å²) in [6.07, 6.45) is 2.45. The lowest BCUT2D eigenvalue weighted by atomic mass is 9.73. The molecule has 9 heteroatoms. The Morgan fingerprint density at radius 3 is 2.81 bits per heavy atom. The molecular weight excluding hydrogens is 350 g/mol. The van der Waals surface area contributed by atoms with E-state index in [1.54, 1.807) is 17.9 Å². The van der Waals surface area contributed by atoms with Crippen LogP contribution in [0.1, 0.15) is 41.2 Å². The summed E-state index contributed by atoms with van der Waals surface area (Å²) in [7, 11) is 1.76. The number of amides is 1. The maximum Gasteiger partial charge on any atom is 0.276 e. The minimum absolute atomic E-state index is 0.198. The Morgan fingerprint density at radius 2 is 2.12 bits per heavy atom. The highest BCUT2D eigenvalue weighted by atomic mass is 32.1. The van der Waals surface area contributed by atoms with Gasteiger partial charge >= 0.3 is 0 Å². The van der Waals surface area contributed by atoms with E-state index < -0.39 is 0 Å². The fourth-order valence-electron chi connectivity index (χ4n) is 3.48. The normalized spacial score (nSPS) is 14.6. The second-order valence-electron chi connectivity index (χ2n) is 7.11. The number of nitrogens with two attached hydrogens (primary N) is 1. The summed E-state index contributed by atoms with van der Waals surface area (Å²) in [5.41, 5.74) is 10.1. The van der Waals surface area contributed by atoms with Gasteiger partial charge in [-0.2, -0.15) is 5.10 Å². The molecular formula is C17H19N7OS. The van der Waals surface area contributed by atoms with Gasteiger partial charge in [0.2, 0.25) is 5.95 Å². The summed E-state index contributed by atoms with van der Waals surface area (Å²) in [5.74, 6) is -0.0292. The van der Waals surface area contributed by atoms with Gasteiger partial charge < -0.3 is 5.73 Å². The third-order valence-corrected chi connectivity index (χ3v) is 5.39. The molecule has 3 aromatic rings. The molecule has 3 N–H and O–H groups in total. The molecule has 134 valence electrons. The van der Waals surface area contributed by atoms with Crippen molar-refractivity contribution < 1.29 is 4.79 Å². The SMILES string of the molecule is Cc1csc(NC(=O)c2c3c(nn2C)-c2nc(N)ncc2CC3(C)C)n1. The molecule has 0 fully saturated rings. The smallest absolute Gasteiger partial charge is 0.276 e. The fraction of sp³-hybridized carbons (Fsp3) is 0.353. The maximum absolute atomic E-state index is 13.0. The summed E-state index contributed by atoms with van der Waals surface area (Å²) < 4.78 is 1.61. The minimum atomic E-state index is -0.290. The van der Waals surface area contributed by atoms with Gasteiger partial charge in [-0.3, -0.25) is 14.8 Å². The molecule has 3 heterocycles. The van der Waals surface area contributed by atoms with Crippen molar-refractivity contribution >= 4 is 28.3 Å². The van der Waals surface area contributed by atoms with Crippen molar-refractivity contribution in [1.82, 2.24) is 24.7 Å². The molecule has 0 saturated carbocycles. The predicted octanol–water partition coefficient (Wildman–Crippen LogP) is 2.31. The number of rotatable bonds is 2. The van der Waals surface area contributed by atoms with Gasteiger partial charge in [0.25, 0.3) is 5.91 Å². The van der Waals surface area contributed by atoms with Gasteiger partial charge in [0.1, 0.15) is 11.4 Å². The maximum atomic E-state index is 13.0. The Kier molecular flexibility index (Phi) is 3.58. The van der Waals surface area contributed by atoms with Gasteiger partial charge in [0, 0.05) is 24.2 Å². The molecule has 0 unspecified atom stereocenters. The van der Waals surface area contributed by atoms with Crippen LogP contribution in [0.5, 0.6) is 0 Å². The summed E-state index contributed by atoms with van der Waals surface area (Å²) in [4.78, 5) is 25.8. The Bertz CT molecular complexity index is 1030. The minimum Gasteiger partial charge on any atom is -0.368 e. The lowest BCUT2D eigenvalue weighted by Gasteiger charge is -2.30. The van der Waals surface area contributed by atoms with E-state index in [1.807, 2.05) is 12.3 Å². The fourth-order valence-corrected chi connectivity index (χ4v) is 4.16. The van der Waals surface area contributed by atoms with Crippen molar-refractivity contribution in [1.29, 1.82) is 0 Å². The van der Waals surface area contributed by atoms with Crippen LogP contribution in [0.4, 0.5) is 11.1 Å². The van der Waals surface area contributed by atoms with Gasteiger partial charge in [-0.05, 0) is 24.3 Å². The molecule has 3 aromatic heterocycles. The Labute approximate surface area is 154 Å². The summed E-state index contributed by atoms with van der Waals surface area (Å²) in [6.45, 7) is 6.08. The molecule has 0 bridgehead atoms. The van der Waals surface area contributed by atoms with E-state index >= 15 is 0 Å². The van der Waals surface area contributed by atoms with Crippen molar-refractivity contribution in [2.45, 2.75) is 32.6 Å². The van der Waals surface area contributed by atoms with E-state index in [2.05, 4.69) is 39.2 Å². The van der Waals surface area contributed by atoms with Crippen LogP contribution < -0.4 is 11.1 Å². The number of aryl methyl sites for hydroxylation is 2. The number of fused-ring (bicyclic) bond motifs is 3. The monoisotopic (exact) mass is 369 g/mol. The van der Waals surface area contributed by atoms with E-state index in [4.69, 9.17) is 5.73 Å². The zero-order valence-corrected chi connectivity index (χ0v) is 15.8. The largest absolute Gasteiger partial charge is 0.368 e. The molecule has 0 atom stereocenters. The molecule has 1 aliphatic carbocycles. The molecule has 8 nitrogen and oxygen atoms in total. The highest BCUT2D eigenvalue weighted by Gasteiger charge is 2.39. The van der Waals surface area contributed by atoms with E-state index in [0.717, 1.165) is 16.8 Å².